The lowest BCUT2D eigenvalue weighted by atomic mass is 9.89. The first-order valence-electron chi connectivity index (χ1n) is 8.56. The maximum absolute atomic E-state index is 5.93. The number of hydrogen-bond acceptors (Lipinski definition) is 3. The maximum Gasteiger partial charge on any atom is 0.124 e. The Bertz CT molecular complexity index is 446. The van der Waals surface area contributed by atoms with E-state index in [0.717, 1.165) is 44.5 Å². The van der Waals surface area contributed by atoms with Crippen molar-refractivity contribution < 1.29 is 4.74 Å². The second-order valence-corrected chi connectivity index (χ2v) is 6.25. The highest BCUT2D eigenvalue weighted by molar-refractivity contribution is 5.85. The van der Waals surface area contributed by atoms with Crippen molar-refractivity contribution in [1.82, 2.24) is 10.2 Å². The van der Waals surface area contributed by atoms with Crippen LogP contribution in [-0.4, -0.2) is 37.7 Å². The molecular formula is C18H30Cl2N2O. The number of benzene rings is 1. The summed E-state index contributed by atoms with van der Waals surface area (Å²) in [5.41, 5.74) is 1.41. The summed E-state index contributed by atoms with van der Waals surface area (Å²) in [6, 6.07) is 9.23. The summed E-state index contributed by atoms with van der Waals surface area (Å²) in [6.07, 6.45) is 5.53. The first-order valence-corrected chi connectivity index (χ1v) is 8.56. The fraction of sp³-hybridized carbons (Fsp3) is 0.667. The second kappa shape index (κ2) is 10.4. The summed E-state index contributed by atoms with van der Waals surface area (Å²) in [5, 5.41) is 3.48. The van der Waals surface area contributed by atoms with Gasteiger partial charge in [-0.15, -0.1) is 24.8 Å². The third-order valence-electron chi connectivity index (χ3n) is 4.93. The van der Waals surface area contributed by atoms with Crippen molar-refractivity contribution in [2.75, 3.05) is 32.8 Å². The zero-order chi connectivity index (χ0) is 14.5. The second-order valence-electron chi connectivity index (χ2n) is 6.25. The first kappa shape index (κ1) is 20.6. The molecule has 5 heteroatoms. The molecule has 0 bridgehead atoms. The van der Waals surface area contributed by atoms with Crippen LogP contribution in [0.25, 0.3) is 0 Å². The number of nitrogens with one attached hydrogen (secondary N) is 1. The Kier molecular flexibility index (Phi) is 9.30. The molecule has 0 amide bonds. The van der Waals surface area contributed by atoms with E-state index in [0.29, 0.717) is 6.04 Å². The Balaban J connectivity index is 0.00000132. The summed E-state index contributed by atoms with van der Waals surface area (Å²) in [4.78, 5) is 2.68. The number of para-hydroxylation sites is 1. The van der Waals surface area contributed by atoms with Gasteiger partial charge in [-0.05, 0) is 31.7 Å². The van der Waals surface area contributed by atoms with E-state index in [-0.39, 0.29) is 24.8 Å². The molecule has 1 aromatic carbocycles. The molecule has 1 aliphatic carbocycles. The van der Waals surface area contributed by atoms with Gasteiger partial charge in [-0.3, -0.25) is 4.90 Å². The van der Waals surface area contributed by atoms with Gasteiger partial charge in [0, 0.05) is 37.8 Å². The van der Waals surface area contributed by atoms with E-state index < -0.39 is 0 Å². The Hall–Kier alpha value is -0.480. The van der Waals surface area contributed by atoms with Crippen molar-refractivity contribution in [2.24, 2.45) is 5.92 Å². The molecule has 2 aliphatic rings. The summed E-state index contributed by atoms with van der Waals surface area (Å²) >= 11 is 0. The van der Waals surface area contributed by atoms with Crippen molar-refractivity contribution >= 4 is 24.8 Å². The number of ether oxygens (including phenoxy) is 1. The van der Waals surface area contributed by atoms with Crippen molar-refractivity contribution in [3.8, 4) is 5.75 Å². The lowest BCUT2D eigenvalue weighted by Gasteiger charge is -2.39. The average molecular weight is 361 g/mol. The zero-order valence-corrected chi connectivity index (χ0v) is 15.6. The minimum atomic E-state index is 0. The minimum absolute atomic E-state index is 0. The van der Waals surface area contributed by atoms with Crippen LogP contribution in [0.3, 0.4) is 0 Å². The molecule has 3 nitrogen and oxygen atoms in total. The molecule has 1 saturated carbocycles. The normalized spacial score (nSPS) is 20.4. The SMILES string of the molecule is CCOc1ccccc1[C@@H](C1CCCC1)N1CCNCC1.Cl.Cl. The van der Waals surface area contributed by atoms with Crippen LogP contribution in [0.2, 0.25) is 0 Å². The van der Waals surface area contributed by atoms with Gasteiger partial charge in [-0.2, -0.15) is 0 Å². The van der Waals surface area contributed by atoms with Gasteiger partial charge in [0.1, 0.15) is 5.75 Å². The van der Waals surface area contributed by atoms with Gasteiger partial charge in [0.25, 0.3) is 0 Å². The molecule has 1 saturated heterocycles. The molecular weight excluding hydrogens is 331 g/mol. The molecule has 1 heterocycles. The van der Waals surface area contributed by atoms with E-state index >= 15 is 0 Å². The molecule has 23 heavy (non-hydrogen) atoms. The largest absolute Gasteiger partial charge is 0.494 e. The smallest absolute Gasteiger partial charge is 0.124 e. The van der Waals surface area contributed by atoms with Crippen LogP contribution < -0.4 is 10.1 Å². The van der Waals surface area contributed by atoms with E-state index in [2.05, 4.69) is 41.4 Å². The highest BCUT2D eigenvalue weighted by atomic mass is 35.5. The van der Waals surface area contributed by atoms with Crippen molar-refractivity contribution in [3.63, 3.8) is 0 Å². The molecule has 1 aliphatic heterocycles. The van der Waals surface area contributed by atoms with Crippen LogP contribution in [0.4, 0.5) is 0 Å². The lowest BCUT2D eigenvalue weighted by molar-refractivity contribution is 0.122. The predicted molar refractivity (Wildman–Crippen MR) is 101 cm³/mol. The van der Waals surface area contributed by atoms with Crippen LogP contribution in [0.1, 0.15) is 44.2 Å². The fourth-order valence-electron chi connectivity index (χ4n) is 3.99. The van der Waals surface area contributed by atoms with Crippen molar-refractivity contribution in [3.05, 3.63) is 29.8 Å². The van der Waals surface area contributed by atoms with Crippen molar-refractivity contribution in [1.29, 1.82) is 0 Å². The summed E-state index contributed by atoms with van der Waals surface area (Å²) < 4.78 is 5.93. The number of rotatable bonds is 5. The van der Waals surface area contributed by atoms with Crippen LogP contribution in [0.5, 0.6) is 5.75 Å². The molecule has 132 valence electrons. The fourth-order valence-corrected chi connectivity index (χ4v) is 3.99. The van der Waals surface area contributed by atoms with Gasteiger partial charge >= 0.3 is 0 Å². The van der Waals surface area contributed by atoms with Crippen LogP contribution >= 0.6 is 24.8 Å². The maximum atomic E-state index is 5.93. The quantitative estimate of drug-likeness (QED) is 0.856. The molecule has 0 aromatic heterocycles. The number of nitrogens with zero attached hydrogens (tertiary/aromatic N) is 1. The first-order chi connectivity index (χ1) is 10.4. The molecule has 1 N–H and O–H groups in total. The predicted octanol–water partition coefficient (Wildman–Crippen LogP) is 4.07. The summed E-state index contributed by atoms with van der Waals surface area (Å²) in [5.74, 6) is 1.89. The van der Waals surface area contributed by atoms with E-state index in [4.69, 9.17) is 4.74 Å². The van der Waals surface area contributed by atoms with Gasteiger partial charge in [-0.25, -0.2) is 0 Å². The third kappa shape index (κ3) is 4.99. The van der Waals surface area contributed by atoms with Crippen LogP contribution in [0, 0.1) is 5.92 Å². The Morgan fingerprint density at radius 1 is 1.13 bits per heavy atom. The highest BCUT2D eigenvalue weighted by Crippen LogP contribution is 2.42. The van der Waals surface area contributed by atoms with E-state index in [9.17, 15) is 0 Å². The highest BCUT2D eigenvalue weighted by Gasteiger charge is 2.33. The molecule has 2 fully saturated rings. The number of hydrogen-bond donors (Lipinski definition) is 1. The Morgan fingerprint density at radius 3 is 2.43 bits per heavy atom. The van der Waals surface area contributed by atoms with Crippen LogP contribution in [-0.2, 0) is 0 Å². The van der Waals surface area contributed by atoms with Crippen LogP contribution in [0.15, 0.2) is 24.3 Å². The van der Waals surface area contributed by atoms with Crippen molar-refractivity contribution in [2.45, 2.75) is 38.6 Å². The summed E-state index contributed by atoms with van der Waals surface area (Å²) in [6.45, 7) is 7.35. The van der Waals surface area contributed by atoms with Gasteiger partial charge < -0.3 is 10.1 Å². The summed E-state index contributed by atoms with van der Waals surface area (Å²) in [7, 11) is 0. The molecule has 1 atom stereocenters. The van der Waals surface area contributed by atoms with Gasteiger partial charge in [0.2, 0.25) is 0 Å². The third-order valence-corrected chi connectivity index (χ3v) is 4.93. The lowest BCUT2D eigenvalue weighted by Crippen LogP contribution is -2.46. The minimum Gasteiger partial charge on any atom is -0.494 e. The molecule has 0 spiro atoms. The number of piperazine rings is 1. The standard InChI is InChI=1S/C18H28N2O.2ClH/c1-2-21-17-10-6-5-9-16(17)18(15-7-3-4-8-15)20-13-11-19-12-14-20;;/h5-6,9-10,15,18-19H,2-4,7-8,11-14H2,1H3;2*1H/t18-;;/m1../s1. The van der Waals surface area contributed by atoms with Gasteiger partial charge in [0.15, 0.2) is 0 Å². The van der Waals surface area contributed by atoms with Gasteiger partial charge in [-0.1, -0.05) is 31.0 Å². The molecule has 0 unspecified atom stereocenters. The Labute approximate surface area is 153 Å². The monoisotopic (exact) mass is 360 g/mol. The molecule has 0 radical (unpaired) electrons. The Morgan fingerprint density at radius 2 is 1.78 bits per heavy atom. The van der Waals surface area contributed by atoms with E-state index in [1.54, 1.807) is 0 Å². The molecule has 3 rings (SSSR count). The average Bonchev–Trinajstić information content (AvgIpc) is 3.05. The topological polar surface area (TPSA) is 24.5 Å². The van der Waals surface area contributed by atoms with E-state index in [1.807, 2.05) is 0 Å². The van der Waals surface area contributed by atoms with E-state index in [1.165, 1.54) is 31.2 Å². The van der Waals surface area contributed by atoms with Gasteiger partial charge in [0.05, 0.1) is 6.61 Å². The molecule has 1 aromatic rings. The zero-order valence-electron chi connectivity index (χ0n) is 14.0. The number of halogens is 2.